The second-order valence-corrected chi connectivity index (χ2v) is 1.80. The van der Waals surface area contributed by atoms with E-state index in [1.807, 2.05) is 6.92 Å². The molecule has 3 heteroatoms. The summed E-state index contributed by atoms with van der Waals surface area (Å²) < 4.78 is 3.18. The maximum Gasteiger partial charge on any atom is 0.437 e. The molecule has 0 aliphatic carbocycles. The van der Waals surface area contributed by atoms with Crippen molar-refractivity contribution in [3.05, 3.63) is 0 Å². The van der Waals surface area contributed by atoms with Crippen LogP contribution in [0.25, 0.3) is 0 Å². The fraction of sp³-hybridized carbons (Fsp3) is 0.800. The van der Waals surface area contributed by atoms with E-state index in [0.29, 0.717) is 6.42 Å². The number of carbonyl (C=O) groups excluding carboxylic acids is 1. The normalized spacial score (nSPS) is 9.25. The summed E-state index contributed by atoms with van der Waals surface area (Å²) in [6.45, 7) is 2.03. The Labute approximate surface area is 55.2 Å². The highest BCUT2D eigenvalue weighted by molar-refractivity contribution is 7.78. The predicted octanol–water partition coefficient (Wildman–Crippen LogP) is 1.15. The van der Waals surface area contributed by atoms with Crippen molar-refractivity contribution in [2.75, 3.05) is 0 Å². The number of unbranched alkanes of at least 4 members (excludes halogenated alkanes) is 1. The van der Waals surface area contributed by atoms with E-state index < -0.39 is 0 Å². The summed E-state index contributed by atoms with van der Waals surface area (Å²) in [5, 5.41) is 0. The molecule has 0 rings (SSSR count). The summed E-state index contributed by atoms with van der Waals surface area (Å²) in [5.41, 5.74) is 0. The minimum Gasteiger partial charge on any atom is -0.217 e. The summed E-state index contributed by atoms with van der Waals surface area (Å²) in [4.78, 5) is 10.3. The lowest BCUT2D eigenvalue weighted by molar-refractivity contribution is -0.119. The van der Waals surface area contributed by atoms with Crippen LogP contribution in [-0.2, 0) is 4.79 Å². The topological polar surface area (TPSA) is 31.2 Å². The quantitative estimate of drug-likeness (QED) is 0.574. The summed E-state index contributed by atoms with van der Waals surface area (Å²) >= 11 is 3.46. The third kappa shape index (κ3) is 4.15. The molecule has 2 nitrogen and oxygen atoms in total. The van der Waals surface area contributed by atoms with Crippen LogP contribution in [0.2, 0.25) is 0 Å². The Morgan fingerprint density at radius 1 is 1.75 bits per heavy atom. The maximum absolute atomic E-state index is 10.3. The van der Waals surface area contributed by atoms with E-state index in [2.05, 4.69) is 17.5 Å². The molecule has 1 amide bonds. The van der Waals surface area contributed by atoms with Gasteiger partial charge < -0.3 is 0 Å². The molecule has 0 aromatic carbocycles. The molecule has 0 saturated heterocycles. The molecular formula is C5H10NOS+. The standard InChI is InChI=1S/C5H10NOS/c1-2-3-4-5(7)6-8/h8H,2-4H2,1H3/q+1. The third-order valence-electron chi connectivity index (χ3n) is 0.856. The first kappa shape index (κ1) is 7.98. The Hall–Kier alpha value is -0.0200. The Balaban J connectivity index is 2.99. The van der Waals surface area contributed by atoms with Crippen LogP contribution < -0.4 is 4.72 Å². The van der Waals surface area contributed by atoms with Gasteiger partial charge in [-0.25, -0.2) is 4.79 Å². The predicted molar refractivity (Wildman–Crippen MR) is 35.7 cm³/mol. The third-order valence-corrected chi connectivity index (χ3v) is 1.08. The fourth-order valence-electron chi connectivity index (χ4n) is 0.378. The van der Waals surface area contributed by atoms with Gasteiger partial charge in [-0.05, 0) is 6.42 Å². The van der Waals surface area contributed by atoms with E-state index >= 15 is 0 Å². The van der Waals surface area contributed by atoms with Gasteiger partial charge in [0.1, 0.15) is 0 Å². The number of carbonyl (C=O) groups is 1. The van der Waals surface area contributed by atoms with Crippen LogP contribution in [0.15, 0.2) is 0 Å². The molecule has 0 atom stereocenters. The summed E-state index contributed by atoms with van der Waals surface area (Å²) in [6, 6.07) is 0. The van der Waals surface area contributed by atoms with Crippen LogP contribution >= 0.6 is 12.8 Å². The molecule has 0 saturated carbocycles. The largest absolute Gasteiger partial charge is 0.437 e. The number of amides is 1. The number of hydrogen-bond acceptors (Lipinski definition) is 2. The van der Waals surface area contributed by atoms with Crippen LogP contribution in [0.3, 0.4) is 0 Å². The van der Waals surface area contributed by atoms with Crippen molar-refractivity contribution in [3.63, 3.8) is 0 Å². The Morgan fingerprint density at radius 2 is 2.38 bits per heavy atom. The number of rotatable bonds is 3. The van der Waals surface area contributed by atoms with Crippen LogP contribution in [0.5, 0.6) is 0 Å². The van der Waals surface area contributed by atoms with Gasteiger partial charge in [0, 0.05) is 0 Å². The molecular weight excluding hydrogens is 122 g/mol. The molecule has 8 heavy (non-hydrogen) atoms. The molecule has 0 heterocycles. The van der Waals surface area contributed by atoms with E-state index in [1.54, 1.807) is 0 Å². The van der Waals surface area contributed by atoms with Crippen molar-refractivity contribution in [1.82, 2.24) is 4.72 Å². The minimum atomic E-state index is -0.116. The van der Waals surface area contributed by atoms with Gasteiger partial charge in [0.15, 0.2) is 12.8 Å². The highest BCUT2D eigenvalue weighted by Gasteiger charge is 2.11. The number of hydrogen-bond donors (Lipinski definition) is 1. The first-order valence-corrected chi connectivity index (χ1v) is 3.09. The molecule has 0 spiro atoms. The van der Waals surface area contributed by atoms with Crippen molar-refractivity contribution in [2.24, 2.45) is 0 Å². The van der Waals surface area contributed by atoms with Crippen LogP contribution in [0.1, 0.15) is 26.2 Å². The van der Waals surface area contributed by atoms with Crippen molar-refractivity contribution in [2.45, 2.75) is 26.2 Å². The van der Waals surface area contributed by atoms with Gasteiger partial charge in [-0.1, -0.05) is 13.3 Å². The molecule has 46 valence electrons. The van der Waals surface area contributed by atoms with Crippen molar-refractivity contribution < 1.29 is 4.79 Å². The summed E-state index contributed by atoms with van der Waals surface area (Å²) in [6.07, 6.45) is 2.50. The first-order valence-electron chi connectivity index (χ1n) is 2.69. The van der Waals surface area contributed by atoms with Gasteiger partial charge in [0.2, 0.25) is 4.72 Å². The Kier molecular flexibility index (Phi) is 5.11. The average Bonchev–Trinajstić information content (AvgIpc) is 1.83. The second kappa shape index (κ2) is 5.12. The molecule has 0 N–H and O–H groups in total. The van der Waals surface area contributed by atoms with E-state index in [0.717, 1.165) is 12.8 Å². The monoisotopic (exact) mass is 132 g/mol. The minimum absolute atomic E-state index is 0.116. The van der Waals surface area contributed by atoms with Gasteiger partial charge in [0.05, 0.1) is 6.42 Å². The number of nitrogens with zero attached hydrogens (tertiary/aromatic N) is 1. The van der Waals surface area contributed by atoms with Gasteiger partial charge in [-0.2, -0.15) is 0 Å². The zero-order valence-electron chi connectivity index (χ0n) is 4.92. The Bertz CT molecular complexity index is 74.8. The summed E-state index contributed by atoms with van der Waals surface area (Å²) in [5.74, 6) is -0.116. The molecule has 0 aliphatic rings. The van der Waals surface area contributed by atoms with E-state index in [4.69, 9.17) is 0 Å². The van der Waals surface area contributed by atoms with Crippen molar-refractivity contribution >= 4 is 18.7 Å². The van der Waals surface area contributed by atoms with Gasteiger partial charge in [-0.3, -0.25) is 0 Å². The molecule has 0 unspecified atom stereocenters. The van der Waals surface area contributed by atoms with Gasteiger partial charge >= 0.3 is 5.91 Å². The maximum atomic E-state index is 10.3. The molecule has 0 bridgehead atoms. The zero-order chi connectivity index (χ0) is 6.41. The lowest BCUT2D eigenvalue weighted by Gasteiger charge is -1.80. The van der Waals surface area contributed by atoms with E-state index in [1.165, 1.54) is 0 Å². The Morgan fingerprint density at radius 3 is 2.75 bits per heavy atom. The molecule has 0 aromatic heterocycles. The highest BCUT2D eigenvalue weighted by atomic mass is 32.1. The summed E-state index contributed by atoms with van der Waals surface area (Å²) in [7, 11) is 0. The molecule has 0 aromatic rings. The highest BCUT2D eigenvalue weighted by Crippen LogP contribution is 1.93. The first-order chi connectivity index (χ1) is 3.81. The smallest absolute Gasteiger partial charge is 0.217 e. The van der Waals surface area contributed by atoms with E-state index in [-0.39, 0.29) is 5.91 Å². The van der Waals surface area contributed by atoms with Crippen LogP contribution in [-0.4, -0.2) is 5.91 Å². The van der Waals surface area contributed by atoms with Crippen molar-refractivity contribution in [1.29, 1.82) is 0 Å². The number of thiol groups is 1. The average molecular weight is 132 g/mol. The zero-order valence-corrected chi connectivity index (χ0v) is 5.82. The van der Waals surface area contributed by atoms with Gasteiger partial charge in [0.25, 0.3) is 0 Å². The molecule has 0 aliphatic heterocycles. The van der Waals surface area contributed by atoms with Gasteiger partial charge in [-0.15, -0.1) is 0 Å². The molecule has 2 radical (unpaired) electrons. The second-order valence-electron chi connectivity index (χ2n) is 1.60. The lowest BCUT2D eigenvalue weighted by atomic mass is 10.2. The van der Waals surface area contributed by atoms with E-state index in [9.17, 15) is 4.79 Å². The molecule has 0 fully saturated rings. The van der Waals surface area contributed by atoms with Crippen LogP contribution in [0, 0.1) is 0 Å². The van der Waals surface area contributed by atoms with Crippen molar-refractivity contribution in [3.8, 4) is 0 Å². The SMILES string of the molecule is CCCCC(=O)[N+]S. The van der Waals surface area contributed by atoms with Crippen LogP contribution in [0.4, 0.5) is 0 Å². The fourth-order valence-corrected chi connectivity index (χ4v) is 0.478. The lowest BCUT2D eigenvalue weighted by Crippen LogP contribution is -2.03.